The minimum Gasteiger partial charge on any atom is -0.381 e. The molecule has 0 aromatic heterocycles. The van der Waals surface area contributed by atoms with Crippen molar-refractivity contribution < 1.29 is 13.5 Å². The van der Waals surface area contributed by atoms with Gasteiger partial charge in [-0.2, -0.15) is 0 Å². The smallest absolute Gasteiger partial charge is 0.248 e. The molecule has 2 rings (SSSR count). The van der Waals surface area contributed by atoms with E-state index in [2.05, 4.69) is 0 Å². The molecule has 3 atom stereocenters. The lowest BCUT2D eigenvalue weighted by Crippen LogP contribution is -2.29. The van der Waals surface area contributed by atoms with Crippen LogP contribution in [0.3, 0.4) is 0 Å². The fraction of sp³-hybridized carbons (Fsp3) is 1.00. The van der Waals surface area contributed by atoms with Gasteiger partial charge in [0.25, 0.3) is 0 Å². The van der Waals surface area contributed by atoms with Crippen LogP contribution >= 0.6 is 11.6 Å². The first-order valence-corrected chi connectivity index (χ1v) is 6.10. The van der Waals surface area contributed by atoms with Crippen molar-refractivity contribution in [3.8, 4) is 0 Å². The Morgan fingerprint density at radius 2 is 2.13 bits per heavy atom. The lowest BCUT2D eigenvalue weighted by atomic mass is 9.89. The third-order valence-corrected chi connectivity index (χ3v) is 4.10. The first-order valence-electron chi connectivity index (χ1n) is 5.66. The van der Waals surface area contributed by atoms with E-state index in [1.807, 2.05) is 0 Å². The van der Waals surface area contributed by atoms with Crippen molar-refractivity contribution in [2.45, 2.75) is 43.4 Å². The quantitative estimate of drug-likeness (QED) is 0.670. The Morgan fingerprint density at radius 1 is 1.33 bits per heavy atom. The number of rotatable bonds is 2. The van der Waals surface area contributed by atoms with Crippen LogP contribution < -0.4 is 0 Å². The molecule has 2 aliphatic rings. The van der Waals surface area contributed by atoms with E-state index in [1.165, 1.54) is 0 Å². The highest BCUT2D eigenvalue weighted by atomic mass is 35.5. The molecule has 88 valence electrons. The molecule has 1 aliphatic heterocycles. The van der Waals surface area contributed by atoms with Crippen LogP contribution in [0.1, 0.15) is 32.1 Å². The molecule has 0 N–H and O–H groups in total. The van der Waals surface area contributed by atoms with Crippen molar-refractivity contribution in [2.24, 2.45) is 11.8 Å². The minimum absolute atomic E-state index is 0.0487. The molecule has 0 aromatic carbocycles. The normalized spacial score (nSPS) is 40.6. The average Bonchev–Trinajstić information content (AvgIpc) is 2.50. The molecule has 3 unspecified atom stereocenters. The van der Waals surface area contributed by atoms with Crippen molar-refractivity contribution in [3.63, 3.8) is 0 Å². The zero-order valence-electron chi connectivity index (χ0n) is 8.72. The lowest BCUT2D eigenvalue weighted by Gasteiger charge is -2.29. The highest BCUT2D eigenvalue weighted by Crippen LogP contribution is 2.42. The van der Waals surface area contributed by atoms with Crippen LogP contribution in [0, 0.1) is 11.8 Å². The number of ether oxygens (including phenoxy) is 1. The number of halogens is 3. The second-order valence-corrected chi connectivity index (χ2v) is 5.40. The van der Waals surface area contributed by atoms with Gasteiger partial charge in [-0.15, -0.1) is 11.6 Å². The standard InChI is InChI=1S/C11H17ClF2O/c12-10-2-4-15-7-9(10)5-8-1-3-11(13,14)6-8/h8-10H,1-7H2. The molecular weight excluding hydrogens is 222 g/mol. The molecule has 0 amide bonds. The molecule has 15 heavy (non-hydrogen) atoms. The summed E-state index contributed by atoms with van der Waals surface area (Å²) in [4.78, 5) is 0. The van der Waals surface area contributed by atoms with Crippen LogP contribution in [0.4, 0.5) is 8.78 Å². The van der Waals surface area contributed by atoms with E-state index in [4.69, 9.17) is 16.3 Å². The van der Waals surface area contributed by atoms with E-state index in [9.17, 15) is 8.78 Å². The van der Waals surface area contributed by atoms with E-state index in [1.54, 1.807) is 0 Å². The van der Waals surface area contributed by atoms with Crippen LogP contribution in [-0.4, -0.2) is 24.5 Å². The summed E-state index contributed by atoms with van der Waals surface area (Å²) in [6.07, 6.45) is 2.41. The summed E-state index contributed by atoms with van der Waals surface area (Å²) in [6.45, 7) is 1.36. The van der Waals surface area contributed by atoms with Crippen LogP contribution in [0.2, 0.25) is 0 Å². The summed E-state index contributed by atoms with van der Waals surface area (Å²) in [5.74, 6) is -2.01. The Hall–Kier alpha value is 0.110. The van der Waals surface area contributed by atoms with E-state index >= 15 is 0 Å². The van der Waals surface area contributed by atoms with E-state index in [-0.39, 0.29) is 30.1 Å². The molecule has 1 aliphatic carbocycles. The molecule has 1 saturated heterocycles. The summed E-state index contributed by atoms with van der Waals surface area (Å²) in [7, 11) is 0. The monoisotopic (exact) mass is 238 g/mol. The van der Waals surface area contributed by atoms with Crippen molar-refractivity contribution in [3.05, 3.63) is 0 Å². The van der Waals surface area contributed by atoms with Gasteiger partial charge in [-0.1, -0.05) is 0 Å². The number of hydrogen-bond acceptors (Lipinski definition) is 1. The van der Waals surface area contributed by atoms with Crippen LogP contribution in [-0.2, 0) is 4.74 Å². The highest BCUT2D eigenvalue weighted by Gasteiger charge is 2.40. The number of hydrogen-bond donors (Lipinski definition) is 0. The maximum atomic E-state index is 13.0. The van der Waals surface area contributed by atoms with E-state index < -0.39 is 5.92 Å². The third-order valence-electron chi connectivity index (χ3n) is 3.52. The Balaban J connectivity index is 1.81. The molecule has 0 spiro atoms. The number of alkyl halides is 3. The Morgan fingerprint density at radius 3 is 2.73 bits per heavy atom. The van der Waals surface area contributed by atoms with Crippen molar-refractivity contribution in [1.82, 2.24) is 0 Å². The van der Waals surface area contributed by atoms with E-state index in [0.29, 0.717) is 19.6 Å². The largest absolute Gasteiger partial charge is 0.381 e. The van der Waals surface area contributed by atoms with Gasteiger partial charge in [-0.3, -0.25) is 0 Å². The molecule has 1 heterocycles. The van der Waals surface area contributed by atoms with E-state index in [0.717, 1.165) is 12.8 Å². The predicted molar refractivity (Wildman–Crippen MR) is 55.5 cm³/mol. The maximum Gasteiger partial charge on any atom is 0.248 e. The minimum atomic E-state index is -2.43. The van der Waals surface area contributed by atoms with Gasteiger partial charge in [0.2, 0.25) is 5.92 Å². The highest BCUT2D eigenvalue weighted by molar-refractivity contribution is 6.20. The molecule has 0 radical (unpaired) electrons. The molecule has 0 aromatic rings. The van der Waals surface area contributed by atoms with Crippen LogP contribution in [0.15, 0.2) is 0 Å². The SMILES string of the molecule is FC1(F)CCC(CC2COCCC2Cl)C1. The second kappa shape index (κ2) is 4.54. The lowest BCUT2D eigenvalue weighted by molar-refractivity contribution is 0.000995. The van der Waals surface area contributed by atoms with Gasteiger partial charge in [-0.05, 0) is 31.1 Å². The second-order valence-electron chi connectivity index (χ2n) is 4.84. The molecule has 1 saturated carbocycles. The van der Waals surface area contributed by atoms with Gasteiger partial charge in [0.1, 0.15) is 0 Å². The van der Waals surface area contributed by atoms with Gasteiger partial charge >= 0.3 is 0 Å². The molecular formula is C11H17ClF2O. The van der Waals surface area contributed by atoms with Crippen LogP contribution in [0.5, 0.6) is 0 Å². The zero-order chi connectivity index (χ0) is 10.9. The first-order chi connectivity index (χ1) is 7.07. The fourth-order valence-corrected chi connectivity index (χ4v) is 2.92. The summed E-state index contributed by atoms with van der Waals surface area (Å²) in [6, 6.07) is 0. The third kappa shape index (κ3) is 3.04. The van der Waals surface area contributed by atoms with Gasteiger partial charge in [0.15, 0.2) is 0 Å². The molecule has 0 bridgehead atoms. The summed E-state index contributed by atoms with van der Waals surface area (Å²) < 4.78 is 31.3. The maximum absolute atomic E-state index is 13.0. The van der Waals surface area contributed by atoms with Crippen molar-refractivity contribution >= 4 is 11.6 Å². The van der Waals surface area contributed by atoms with Crippen LogP contribution in [0.25, 0.3) is 0 Å². The first kappa shape index (κ1) is 11.6. The topological polar surface area (TPSA) is 9.23 Å². The van der Waals surface area contributed by atoms with Crippen molar-refractivity contribution in [2.75, 3.05) is 13.2 Å². The van der Waals surface area contributed by atoms with Crippen molar-refractivity contribution in [1.29, 1.82) is 0 Å². The molecule has 2 fully saturated rings. The van der Waals surface area contributed by atoms with Gasteiger partial charge < -0.3 is 4.74 Å². The van der Waals surface area contributed by atoms with Gasteiger partial charge in [-0.25, -0.2) is 8.78 Å². The Labute approximate surface area is 94.1 Å². The predicted octanol–water partition coefficient (Wildman–Crippen LogP) is 3.46. The zero-order valence-corrected chi connectivity index (χ0v) is 9.48. The molecule has 4 heteroatoms. The summed E-state index contributed by atoms with van der Waals surface area (Å²) >= 11 is 6.16. The molecule has 1 nitrogen and oxygen atoms in total. The Bertz CT molecular complexity index is 223. The summed E-state index contributed by atoms with van der Waals surface area (Å²) in [5.41, 5.74) is 0. The summed E-state index contributed by atoms with van der Waals surface area (Å²) in [5, 5.41) is 0.118. The Kier molecular flexibility index (Phi) is 3.51. The van der Waals surface area contributed by atoms with Gasteiger partial charge in [0.05, 0.1) is 6.61 Å². The average molecular weight is 239 g/mol. The van der Waals surface area contributed by atoms with Gasteiger partial charge in [0, 0.05) is 24.8 Å². The fourth-order valence-electron chi connectivity index (χ4n) is 2.66.